The van der Waals surface area contributed by atoms with Crippen LogP contribution in [0.2, 0.25) is 0 Å². The zero-order chi connectivity index (χ0) is 77.9. The number of halogens is 9. The normalized spacial score (nSPS) is 14.2. The highest BCUT2D eigenvalue weighted by Crippen LogP contribution is 2.53. The maximum atomic E-state index is 15.2. The summed E-state index contributed by atoms with van der Waals surface area (Å²) < 4.78 is 172. The third kappa shape index (κ3) is 16.2. The number of aliphatic hydroxyl groups is 2. The molecule has 2 unspecified atom stereocenters. The third-order valence-electron chi connectivity index (χ3n) is 16.8. The van der Waals surface area contributed by atoms with E-state index in [4.69, 9.17) is 42.6 Å². The molecular weight excluding hydrogens is 1440 g/mol. The lowest BCUT2D eigenvalue weighted by atomic mass is 9.98. The fraction of sp³-hybridized carbons (Fsp3) is 0.295. The lowest BCUT2D eigenvalue weighted by Crippen LogP contribution is -2.30. The second-order valence-electron chi connectivity index (χ2n) is 23.7. The third-order valence-corrected chi connectivity index (χ3v) is 16.8. The number of rotatable bonds is 27. The van der Waals surface area contributed by atoms with Gasteiger partial charge in [0.2, 0.25) is 0 Å². The molecule has 0 radical (unpaired) electrons. The maximum absolute atomic E-state index is 15.2. The molecular formula is C78H70F9N3O18. The number of hydrogen-bond acceptors (Lipinski definition) is 18. The van der Waals surface area contributed by atoms with Crippen LogP contribution in [0.4, 0.5) is 56.6 Å². The van der Waals surface area contributed by atoms with Crippen LogP contribution in [0.25, 0.3) is 32.3 Å². The van der Waals surface area contributed by atoms with Crippen LogP contribution in [-0.4, -0.2) is 130 Å². The summed E-state index contributed by atoms with van der Waals surface area (Å²) >= 11 is 0. The van der Waals surface area contributed by atoms with Crippen molar-refractivity contribution in [1.29, 1.82) is 0 Å². The van der Waals surface area contributed by atoms with Gasteiger partial charge in [0.25, 0.3) is 42.9 Å². The highest BCUT2D eigenvalue weighted by atomic mass is 19.3. The number of imide groups is 1. The molecule has 3 aliphatic rings. The molecule has 9 aromatic rings. The number of ether oxygens (including phenoxy) is 9. The Morgan fingerprint density at radius 1 is 0.361 bits per heavy atom. The molecule has 0 fully saturated rings. The number of benzene rings is 9. The molecule has 0 bridgehead atoms. The van der Waals surface area contributed by atoms with Crippen molar-refractivity contribution in [2.24, 2.45) is 0 Å². The summed E-state index contributed by atoms with van der Waals surface area (Å²) in [6.45, 7) is 8.12. The van der Waals surface area contributed by atoms with E-state index in [9.17, 15) is 70.1 Å². The Bertz CT molecular complexity index is 4880. The fourth-order valence-corrected chi connectivity index (χ4v) is 12.7. The summed E-state index contributed by atoms with van der Waals surface area (Å²) in [7, 11) is 0. The van der Waals surface area contributed by atoms with Gasteiger partial charge in [-0.25, -0.2) is 44.4 Å². The van der Waals surface area contributed by atoms with Gasteiger partial charge in [-0.15, -0.1) is 0 Å². The average Bonchev–Trinajstić information content (AvgIpc) is 1.57. The first kappa shape index (κ1) is 78.9. The first-order chi connectivity index (χ1) is 51.8. The van der Waals surface area contributed by atoms with Gasteiger partial charge in [0.1, 0.15) is 71.8 Å². The number of anilines is 3. The van der Waals surface area contributed by atoms with Crippen molar-refractivity contribution in [3.63, 3.8) is 0 Å². The van der Waals surface area contributed by atoms with Crippen molar-refractivity contribution < 1.29 is 126 Å². The monoisotopic (exact) mass is 1510 g/mol. The minimum atomic E-state index is -2.83. The minimum absolute atomic E-state index is 0.000170. The molecule has 3 aliphatic heterocycles. The lowest BCUT2D eigenvalue weighted by Gasteiger charge is -2.22. The van der Waals surface area contributed by atoms with E-state index in [-0.39, 0.29) is 149 Å². The average molecular weight is 1510 g/mol. The minimum Gasteiger partial charge on any atom is -0.493 e. The number of hydrogen-bond donors (Lipinski definition) is 2. The number of esters is 3. The first-order valence-corrected chi connectivity index (χ1v) is 34.0. The van der Waals surface area contributed by atoms with E-state index in [0.29, 0.717) is 48.3 Å². The lowest BCUT2D eigenvalue weighted by molar-refractivity contribution is -0.143. The topological polar surface area (TPSA) is 253 Å². The first-order valence-electron chi connectivity index (χ1n) is 34.0. The SMILES string of the molecule is CCOC(=O)Cc1ccc(N2C(=O)c3c(c(OCC(F)F)c4ccccc4c3OCC)C2=O)c(F)c1.CCOC(=O)Cc1ccc(N2C(=O)c3c(c(OCC(F)F)c4ccccc4c3OCC)C2O)c(F)c1.CCOC(=O)Cc1ccc(N2C(=O)c3c(c(OCC)c4ccccc4c3OCC(F)F)C2O)c(F)c1. The maximum Gasteiger partial charge on any atom is 0.310 e. The molecule has 30 heteroatoms. The Balaban J connectivity index is 0.000000173. The highest BCUT2D eigenvalue weighted by molar-refractivity contribution is 6.38. The molecule has 2 N–H and O–H groups in total. The quantitative estimate of drug-likeness (QED) is 0.0210. The molecule has 0 spiro atoms. The van der Waals surface area contributed by atoms with Crippen LogP contribution in [0.5, 0.6) is 34.5 Å². The van der Waals surface area contributed by atoms with E-state index in [2.05, 4.69) is 0 Å². The smallest absolute Gasteiger partial charge is 0.310 e. The fourth-order valence-electron chi connectivity index (χ4n) is 12.7. The van der Waals surface area contributed by atoms with Crippen molar-refractivity contribution in [3.05, 3.63) is 195 Å². The molecule has 568 valence electrons. The number of nitrogens with zero attached hydrogens (tertiary/aromatic N) is 3. The van der Waals surface area contributed by atoms with Gasteiger partial charge >= 0.3 is 17.9 Å². The van der Waals surface area contributed by atoms with E-state index in [1.54, 1.807) is 114 Å². The van der Waals surface area contributed by atoms with Gasteiger partial charge in [-0.3, -0.25) is 43.4 Å². The van der Waals surface area contributed by atoms with E-state index in [0.717, 1.165) is 28.0 Å². The van der Waals surface area contributed by atoms with Gasteiger partial charge in [0.15, 0.2) is 12.5 Å². The molecule has 0 saturated carbocycles. The zero-order valence-corrected chi connectivity index (χ0v) is 58.7. The summed E-state index contributed by atoms with van der Waals surface area (Å²) in [5.41, 5.74) is -0.804. The molecule has 0 aromatic heterocycles. The van der Waals surface area contributed by atoms with Gasteiger partial charge in [-0.2, -0.15) is 0 Å². The van der Waals surface area contributed by atoms with Crippen LogP contribution in [0.15, 0.2) is 127 Å². The summed E-state index contributed by atoms with van der Waals surface area (Å²) in [4.78, 5) is 91.7. The molecule has 0 saturated heterocycles. The van der Waals surface area contributed by atoms with Crippen LogP contribution in [-0.2, 0) is 47.9 Å². The van der Waals surface area contributed by atoms with Gasteiger partial charge in [-0.05, 0) is 94.6 Å². The van der Waals surface area contributed by atoms with Crippen LogP contribution in [0.1, 0.15) is 123 Å². The van der Waals surface area contributed by atoms with Gasteiger partial charge < -0.3 is 52.8 Å². The van der Waals surface area contributed by atoms with Gasteiger partial charge in [0, 0.05) is 32.3 Å². The van der Waals surface area contributed by atoms with E-state index in [1.165, 1.54) is 36.4 Å². The number of carbonyl (C=O) groups is 7. The summed E-state index contributed by atoms with van der Waals surface area (Å²) in [6, 6.07) is 30.8. The molecule has 21 nitrogen and oxygen atoms in total. The number of alkyl halides is 6. The van der Waals surface area contributed by atoms with Crippen molar-refractivity contribution in [2.45, 2.75) is 92.5 Å². The second-order valence-corrected chi connectivity index (χ2v) is 23.7. The molecule has 108 heavy (non-hydrogen) atoms. The van der Waals surface area contributed by atoms with E-state index >= 15 is 13.2 Å². The van der Waals surface area contributed by atoms with E-state index < -0.39 is 111 Å². The molecule has 12 rings (SSSR count). The van der Waals surface area contributed by atoms with Crippen molar-refractivity contribution >= 4 is 90.9 Å². The van der Waals surface area contributed by atoms with E-state index in [1.807, 2.05) is 0 Å². The van der Waals surface area contributed by atoms with Crippen LogP contribution in [0, 0.1) is 17.5 Å². The summed E-state index contributed by atoms with van der Waals surface area (Å²) in [6.07, 6.45) is -12.4. The zero-order valence-electron chi connectivity index (χ0n) is 58.7. The second kappa shape index (κ2) is 34.7. The van der Waals surface area contributed by atoms with Crippen LogP contribution in [0.3, 0.4) is 0 Å². The number of fused-ring (bicyclic) bond motifs is 6. The Morgan fingerprint density at radius 3 is 0.935 bits per heavy atom. The Hall–Kier alpha value is -11.7. The molecule has 0 aliphatic carbocycles. The predicted octanol–water partition coefficient (Wildman–Crippen LogP) is 14.5. The largest absolute Gasteiger partial charge is 0.493 e. The Kier molecular flexibility index (Phi) is 25.4. The standard InChI is InChI=1S/2C26H24F3NO6.C26H22F3NO6/c3*1-3-34-20(31)12-14-9-10-18(17(27)11-14)30-25(32)21-22(26(30)33)24(36-13-19(28)29)16-8-6-5-7-15(16)23(21)35-4-2/h5-11,19,26,33H,3-4,12-13H2,1-2H3;5-11,19,25,32H,3-4,12-13H2,1-2H3;5-11,19H,3-4,12-13H2,1-2H3. The molecule has 3 heterocycles. The van der Waals surface area contributed by atoms with Gasteiger partial charge in [-0.1, -0.05) is 91.0 Å². The van der Waals surface area contributed by atoms with Crippen LogP contribution < -0.4 is 43.1 Å². The Morgan fingerprint density at radius 2 is 0.630 bits per heavy atom. The van der Waals surface area contributed by atoms with Gasteiger partial charge in [0.05, 0.1) is 109 Å². The van der Waals surface area contributed by atoms with Crippen molar-refractivity contribution in [1.82, 2.24) is 0 Å². The van der Waals surface area contributed by atoms with Crippen LogP contribution >= 0.6 is 0 Å². The number of aliphatic hydroxyl groups excluding tert-OH is 2. The summed E-state index contributed by atoms with van der Waals surface area (Å²) in [5, 5.41) is 24.7. The number of carbonyl (C=O) groups excluding carboxylic acids is 7. The molecule has 9 aromatic carbocycles. The Labute approximate surface area is 610 Å². The highest BCUT2D eigenvalue weighted by Gasteiger charge is 2.48. The predicted molar refractivity (Wildman–Crippen MR) is 375 cm³/mol. The summed E-state index contributed by atoms with van der Waals surface area (Å²) in [5.74, 6) is -7.81. The molecule has 4 amide bonds. The van der Waals surface area contributed by atoms with Crippen molar-refractivity contribution in [2.75, 3.05) is 74.2 Å². The van der Waals surface area contributed by atoms with Crippen molar-refractivity contribution in [3.8, 4) is 34.5 Å². The molecule has 2 atom stereocenters. The number of amides is 4.